The summed E-state index contributed by atoms with van der Waals surface area (Å²) in [6.45, 7) is 1.64. The third-order valence-electron chi connectivity index (χ3n) is 1.55. The van der Waals surface area contributed by atoms with Crippen molar-refractivity contribution in [2.24, 2.45) is 5.92 Å². The number of carbonyl (C=O) groups excluding carboxylic acids is 1. The Labute approximate surface area is 64.6 Å². The largest absolute Gasteiger partial charge is 0.467 e. The van der Waals surface area contributed by atoms with E-state index in [9.17, 15) is 9.90 Å². The van der Waals surface area contributed by atoms with Crippen LogP contribution in [0, 0.1) is 5.92 Å². The van der Waals surface area contributed by atoms with Crippen LogP contribution in [0.1, 0.15) is 18.8 Å². The van der Waals surface area contributed by atoms with Gasteiger partial charge in [-0.05, 0) is 12.1 Å². The molecule has 0 aliphatic rings. The average molecular weight is 154 g/mol. The van der Waals surface area contributed by atoms with Crippen LogP contribution in [0.15, 0.2) is 22.8 Å². The maximum absolute atomic E-state index is 10.2. The zero-order valence-corrected chi connectivity index (χ0v) is 6.23. The minimum absolute atomic E-state index is 0.416. The molecule has 11 heavy (non-hydrogen) atoms. The Morgan fingerprint density at radius 3 is 2.91 bits per heavy atom. The fourth-order valence-electron chi connectivity index (χ4n) is 0.793. The number of carbonyl (C=O) groups is 1. The molecule has 0 saturated heterocycles. The quantitative estimate of drug-likeness (QED) is 0.664. The van der Waals surface area contributed by atoms with Gasteiger partial charge in [0, 0.05) is 5.92 Å². The number of rotatable bonds is 3. The van der Waals surface area contributed by atoms with E-state index in [0.717, 1.165) is 0 Å². The Balaban J connectivity index is 2.69. The first-order valence-corrected chi connectivity index (χ1v) is 3.42. The van der Waals surface area contributed by atoms with Crippen LogP contribution in [0.2, 0.25) is 0 Å². The number of aldehydes is 1. The van der Waals surface area contributed by atoms with Crippen molar-refractivity contribution in [2.45, 2.75) is 13.0 Å². The summed E-state index contributed by atoms with van der Waals surface area (Å²) in [5.41, 5.74) is 0. The van der Waals surface area contributed by atoms with Gasteiger partial charge in [0.25, 0.3) is 0 Å². The van der Waals surface area contributed by atoms with E-state index < -0.39 is 12.0 Å². The van der Waals surface area contributed by atoms with Gasteiger partial charge in [0.1, 0.15) is 18.2 Å². The van der Waals surface area contributed by atoms with Gasteiger partial charge in [-0.15, -0.1) is 0 Å². The standard InChI is InChI=1S/C8H10O3/c1-6(5-9)8(10)7-3-2-4-11-7/h2-6,8,10H,1H3/t6-,8+/m1/s1. The normalized spacial score (nSPS) is 15.8. The Morgan fingerprint density at radius 1 is 1.73 bits per heavy atom. The maximum Gasteiger partial charge on any atom is 0.132 e. The van der Waals surface area contributed by atoms with Crippen molar-refractivity contribution in [3.05, 3.63) is 24.2 Å². The second-order valence-corrected chi connectivity index (χ2v) is 2.46. The summed E-state index contributed by atoms with van der Waals surface area (Å²) in [6.07, 6.45) is 1.35. The van der Waals surface area contributed by atoms with Crippen LogP contribution >= 0.6 is 0 Å². The topological polar surface area (TPSA) is 50.4 Å². The molecule has 1 aromatic heterocycles. The van der Waals surface area contributed by atoms with Crippen molar-refractivity contribution in [2.75, 3.05) is 0 Å². The van der Waals surface area contributed by atoms with Gasteiger partial charge in [0.15, 0.2) is 0 Å². The highest BCUT2D eigenvalue weighted by atomic mass is 16.4. The molecule has 0 aliphatic heterocycles. The molecule has 0 bridgehead atoms. The molecule has 0 aromatic carbocycles. The first-order valence-electron chi connectivity index (χ1n) is 3.42. The highest BCUT2D eigenvalue weighted by Crippen LogP contribution is 2.19. The second-order valence-electron chi connectivity index (χ2n) is 2.46. The van der Waals surface area contributed by atoms with E-state index in [2.05, 4.69) is 0 Å². The van der Waals surface area contributed by atoms with Gasteiger partial charge in [0.2, 0.25) is 0 Å². The van der Waals surface area contributed by atoms with Crippen molar-refractivity contribution in [1.82, 2.24) is 0 Å². The summed E-state index contributed by atoms with van der Waals surface area (Å²) in [5, 5.41) is 9.35. The zero-order valence-electron chi connectivity index (χ0n) is 6.23. The zero-order chi connectivity index (χ0) is 8.27. The molecule has 0 spiro atoms. The molecule has 60 valence electrons. The van der Waals surface area contributed by atoms with Crippen LogP contribution < -0.4 is 0 Å². The van der Waals surface area contributed by atoms with Gasteiger partial charge in [0.05, 0.1) is 6.26 Å². The number of aliphatic hydroxyl groups is 1. The number of hydrogen-bond acceptors (Lipinski definition) is 3. The van der Waals surface area contributed by atoms with Crippen molar-refractivity contribution >= 4 is 6.29 Å². The van der Waals surface area contributed by atoms with E-state index in [1.54, 1.807) is 19.1 Å². The number of furan rings is 1. The van der Waals surface area contributed by atoms with Crippen molar-refractivity contribution in [3.8, 4) is 0 Å². The lowest BCUT2D eigenvalue weighted by atomic mass is 10.1. The Morgan fingerprint density at radius 2 is 2.45 bits per heavy atom. The highest BCUT2D eigenvalue weighted by Gasteiger charge is 2.17. The van der Waals surface area contributed by atoms with Gasteiger partial charge in [-0.1, -0.05) is 6.92 Å². The highest BCUT2D eigenvalue weighted by molar-refractivity contribution is 5.54. The Kier molecular flexibility index (Phi) is 2.44. The molecule has 1 heterocycles. The van der Waals surface area contributed by atoms with Crippen LogP contribution in [0.5, 0.6) is 0 Å². The molecule has 1 N–H and O–H groups in total. The van der Waals surface area contributed by atoms with Crippen molar-refractivity contribution < 1.29 is 14.3 Å². The first kappa shape index (κ1) is 8.01. The molecule has 0 amide bonds. The summed E-state index contributed by atoms with van der Waals surface area (Å²) < 4.78 is 4.91. The van der Waals surface area contributed by atoms with Gasteiger partial charge >= 0.3 is 0 Å². The molecule has 0 aliphatic carbocycles. The summed E-state index contributed by atoms with van der Waals surface area (Å²) in [6, 6.07) is 3.32. The molecule has 2 atom stereocenters. The molecule has 0 saturated carbocycles. The molecular weight excluding hydrogens is 144 g/mol. The molecule has 0 radical (unpaired) electrons. The predicted octanol–water partition coefficient (Wildman–Crippen LogP) is 1.15. The van der Waals surface area contributed by atoms with Gasteiger partial charge in [-0.2, -0.15) is 0 Å². The van der Waals surface area contributed by atoms with E-state index in [1.807, 2.05) is 0 Å². The molecule has 3 nitrogen and oxygen atoms in total. The van der Waals surface area contributed by atoms with E-state index in [-0.39, 0.29) is 0 Å². The SMILES string of the molecule is C[C@H](C=O)[C@H](O)c1ccco1. The molecule has 0 fully saturated rings. The van der Waals surface area contributed by atoms with E-state index in [4.69, 9.17) is 4.42 Å². The molecule has 0 unspecified atom stereocenters. The third-order valence-corrected chi connectivity index (χ3v) is 1.55. The third kappa shape index (κ3) is 1.68. The summed E-state index contributed by atoms with van der Waals surface area (Å²) in [7, 11) is 0. The number of aliphatic hydroxyl groups excluding tert-OH is 1. The van der Waals surface area contributed by atoms with Gasteiger partial charge in [-0.3, -0.25) is 0 Å². The molecule has 1 rings (SSSR count). The fourth-order valence-corrected chi connectivity index (χ4v) is 0.793. The van der Waals surface area contributed by atoms with Crippen molar-refractivity contribution in [3.63, 3.8) is 0 Å². The van der Waals surface area contributed by atoms with Gasteiger partial charge < -0.3 is 14.3 Å². The smallest absolute Gasteiger partial charge is 0.132 e. The van der Waals surface area contributed by atoms with Crippen LogP contribution in [0.4, 0.5) is 0 Å². The minimum Gasteiger partial charge on any atom is -0.467 e. The van der Waals surface area contributed by atoms with Crippen LogP contribution in [0.3, 0.4) is 0 Å². The summed E-state index contributed by atoms with van der Waals surface area (Å²) >= 11 is 0. The monoisotopic (exact) mass is 154 g/mol. The van der Waals surface area contributed by atoms with E-state index >= 15 is 0 Å². The van der Waals surface area contributed by atoms with Crippen LogP contribution in [-0.4, -0.2) is 11.4 Å². The molecule has 1 aromatic rings. The predicted molar refractivity (Wildman–Crippen MR) is 38.9 cm³/mol. The Bertz CT molecular complexity index is 215. The van der Waals surface area contributed by atoms with Crippen LogP contribution in [0.25, 0.3) is 0 Å². The van der Waals surface area contributed by atoms with E-state index in [1.165, 1.54) is 6.26 Å². The first-order chi connectivity index (χ1) is 5.25. The minimum atomic E-state index is -0.817. The summed E-state index contributed by atoms with van der Waals surface area (Å²) in [5.74, 6) is 0.0192. The number of hydrogen-bond donors (Lipinski definition) is 1. The van der Waals surface area contributed by atoms with Crippen molar-refractivity contribution in [1.29, 1.82) is 0 Å². The second kappa shape index (κ2) is 3.34. The average Bonchev–Trinajstić information content (AvgIpc) is 2.53. The van der Waals surface area contributed by atoms with E-state index in [0.29, 0.717) is 12.0 Å². The lowest BCUT2D eigenvalue weighted by molar-refractivity contribution is -0.114. The lowest BCUT2D eigenvalue weighted by Crippen LogP contribution is -2.08. The summed E-state index contributed by atoms with van der Waals surface area (Å²) in [4.78, 5) is 10.2. The van der Waals surface area contributed by atoms with Gasteiger partial charge in [-0.25, -0.2) is 0 Å². The fraction of sp³-hybridized carbons (Fsp3) is 0.375. The van der Waals surface area contributed by atoms with Crippen LogP contribution in [-0.2, 0) is 4.79 Å². The Hall–Kier alpha value is -1.09. The molecule has 3 heteroatoms. The lowest BCUT2D eigenvalue weighted by Gasteiger charge is -2.08. The molecular formula is C8H10O3. The maximum atomic E-state index is 10.2.